The quantitative estimate of drug-likeness (QED) is 0.308. The van der Waals surface area contributed by atoms with Crippen LogP contribution in [0, 0.1) is 5.82 Å². The van der Waals surface area contributed by atoms with E-state index in [1.54, 1.807) is 35.8 Å². The zero-order valence-corrected chi connectivity index (χ0v) is 17.4. The molecule has 0 radical (unpaired) electrons. The van der Waals surface area contributed by atoms with Gasteiger partial charge >= 0.3 is 0 Å². The van der Waals surface area contributed by atoms with Gasteiger partial charge in [0.1, 0.15) is 12.1 Å². The number of guanidine groups is 1. The van der Waals surface area contributed by atoms with E-state index < -0.39 is 0 Å². The van der Waals surface area contributed by atoms with Crippen LogP contribution in [0.15, 0.2) is 57.5 Å². The van der Waals surface area contributed by atoms with Crippen molar-refractivity contribution in [1.82, 2.24) is 15.6 Å². The van der Waals surface area contributed by atoms with Crippen molar-refractivity contribution in [3.05, 3.63) is 65.1 Å². The summed E-state index contributed by atoms with van der Waals surface area (Å²) in [4.78, 5) is 9.86. The molecule has 0 fully saturated rings. The van der Waals surface area contributed by atoms with Gasteiger partial charge in [-0.15, -0.1) is 35.3 Å². The van der Waals surface area contributed by atoms with Crippen LogP contribution in [-0.4, -0.2) is 17.5 Å². The summed E-state index contributed by atoms with van der Waals surface area (Å²) >= 11 is 1.58. The van der Waals surface area contributed by atoms with Crippen molar-refractivity contribution >= 4 is 41.3 Å². The lowest BCUT2D eigenvalue weighted by Crippen LogP contribution is -2.36. The Morgan fingerprint density at radius 2 is 2.08 bits per heavy atom. The number of oxazole rings is 1. The van der Waals surface area contributed by atoms with Crippen LogP contribution in [0.4, 0.5) is 4.39 Å². The van der Waals surface area contributed by atoms with Gasteiger partial charge in [0, 0.05) is 12.1 Å². The van der Waals surface area contributed by atoms with Gasteiger partial charge in [-0.05, 0) is 24.4 Å². The number of halogens is 2. The molecule has 0 spiro atoms. The molecule has 0 unspecified atom stereocenters. The molecule has 2 aromatic heterocycles. The standard InChI is InChI=1S/C18H19FN4OS.HI/c1-2-20-18(21-10-13-6-3-4-7-15(13)19)22-11-14-12-24-17(23-14)16-8-5-9-25-16;/h3-9,12H,2,10-11H2,1H3,(H2,20,21,22);1H. The highest BCUT2D eigenvalue weighted by Crippen LogP contribution is 2.23. The number of benzene rings is 1. The molecule has 0 saturated heterocycles. The Hall–Kier alpha value is -1.94. The number of thiophene rings is 1. The maximum atomic E-state index is 13.7. The molecule has 0 saturated carbocycles. The smallest absolute Gasteiger partial charge is 0.236 e. The van der Waals surface area contributed by atoms with Crippen LogP contribution in [0.5, 0.6) is 0 Å². The second-order valence-electron chi connectivity index (χ2n) is 5.26. The molecule has 0 aliphatic rings. The zero-order chi connectivity index (χ0) is 17.5. The molecule has 5 nitrogen and oxygen atoms in total. The summed E-state index contributed by atoms with van der Waals surface area (Å²) in [5.41, 5.74) is 1.33. The lowest BCUT2D eigenvalue weighted by molar-refractivity contribution is 0.573. The fourth-order valence-corrected chi connectivity index (χ4v) is 2.86. The highest BCUT2D eigenvalue weighted by Gasteiger charge is 2.08. The lowest BCUT2D eigenvalue weighted by Gasteiger charge is -2.10. The maximum Gasteiger partial charge on any atom is 0.236 e. The molecule has 2 N–H and O–H groups in total. The highest BCUT2D eigenvalue weighted by molar-refractivity contribution is 14.0. The van der Waals surface area contributed by atoms with Crippen LogP contribution in [0.1, 0.15) is 18.2 Å². The molecular formula is C18H20FIN4OS. The van der Waals surface area contributed by atoms with Gasteiger partial charge in [0.05, 0.1) is 23.7 Å². The number of hydrogen-bond donors (Lipinski definition) is 2. The summed E-state index contributed by atoms with van der Waals surface area (Å²) in [5, 5.41) is 8.30. The van der Waals surface area contributed by atoms with Gasteiger partial charge in [0.15, 0.2) is 5.96 Å². The average Bonchev–Trinajstić information content (AvgIpc) is 3.30. The molecule has 8 heteroatoms. The number of aromatic nitrogens is 1. The molecule has 3 rings (SSSR count). The van der Waals surface area contributed by atoms with E-state index in [0.29, 0.717) is 30.5 Å². The topological polar surface area (TPSA) is 62.5 Å². The van der Waals surface area contributed by atoms with Crippen LogP contribution in [-0.2, 0) is 13.1 Å². The molecule has 0 aliphatic heterocycles. The first-order chi connectivity index (χ1) is 12.3. The van der Waals surface area contributed by atoms with Crippen molar-refractivity contribution in [1.29, 1.82) is 0 Å². The third kappa shape index (κ3) is 5.53. The van der Waals surface area contributed by atoms with Crippen molar-refractivity contribution in [2.45, 2.75) is 20.0 Å². The van der Waals surface area contributed by atoms with Gasteiger partial charge in [0.25, 0.3) is 0 Å². The molecular weight excluding hydrogens is 466 g/mol. The minimum Gasteiger partial charge on any atom is -0.443 e. The van der Waals surface area contributed by atoms with E-state index in [1.807, 2.05) is 24.4 Å². The Balaban J connectivity index is 0.00000243. The van der Waals surface area contributed by atoms with Gasteiger partial charge in [-0.25, -0.2) is 14.4 Å². The average molecular weight is 486 g/mol. The second-order valence-corrected chi connectivity index (χ2v) is 6.21. The van der Waals surface area contributed by atoms with Gasteiger partial charge < -0.3 is 15.1 Å². The summed E-state index contributed by atoms with van der Waals surface area (Å²) in [6.45, 7) is 3.42. The normalized spacial score (nSPS) is 11.1. The van der Waals surface area contributed by atoms with Gasteiger partial charge in [0.2, 0.25) is 5.89 Å². The molecule has 0 aliphatic carbocycles. The molecule has 138 valence electrons. The fraction of sp³-hybridized carbons (Fsp3) is 0.222. The third-order valence-corrected chi connectivity index (χ3v) is 4.29. The van der Waals surface area contributed by atoms with E-state index in [9.17, 15) is 4.39 Å². The van der Waals surface area contributed by atoms with Gasteiger partial charge in [-0.3, -0.25) is 0 Å². The SMILES string of the molecule is CCNC(=NCc1ccccc1F)NCc1coc(-c2cccs2)n1.I. The fourth-order valence-electron chi connectivity index (χ4n) is 2.21. The summed E-state index contributed by atoms with van der Waals surface area (Å²) in [6, 6.07) is 10.6. The van der Waals surface area contributed by atoms with E-state index in [-0.39, 0.29) is 36.3 Å². The van der Waals surface area contributed by atoms with Crippen LogP contribution < -0.4 is 10.6 Å². The largest absolute Gasteiger partial charge is 0.443 e. The molecule has 0 atom stereocenters. The summed E-state index contributed by atoms with van der Waals surface area (Å²) in [7, 11) is 0. The Bertz CT molecular complexity index is 835. The Kier molecular flexibility index (Phi) is 8.05. The number of nitrogens with zero attached hydrogens (tertiary/aromatic N) is 2. The summed E-state index contributed by atoms with van der Waals surface area (Å²) in [6.07, 6.45) is 1.63. The highest BCUT2D eigenvalue weighted by atomic mass is 127. The van der Waals surface area contributed by atoms with Crippen molar-refractivity contribution < 1.29 is 8.81 Å². The molecule has 1 aromatic carbocycles. The monoisotopic (exact) mass is 486 g/mol. The summed E-state index contributed by atoms with van der Waals surface area (Å²) < 4.78 is 19.2. The van der Waals surface area contributed by atoms with Crippen molar-refractivity contribution in [2.24, 2.45) is 4.99 Å². The van der Waals surface area contributed by atoms with E-state index in [1.165, 1.54) is 6.07 Å². The first-order valence-electron chi connectivity index (χ1n) is 8.00. The van der Waals surface area contributed by atoms with Crippen LogP contribution in [0.3, 0.4) is 0 Å². The molecule has 3 aromatic rings. The molecule has 26 heavy (non-hydrogen) atoms. The predicted molar refractivity (Wildman–Crippen MR) is 113 cm³/mol. The summed E-state index contributed by atoms with van der Waals surface area (Å²) in [5.74, 6) is 0.964. The Morgan fingerprint density at radius 3 is 2.81 bits per heavy atom. The van der Waals surface area contributed by atoms with Crippen molar-refractivity contribution in [3.63, 3.8) is 0 Å². The second kappa shape index (κ2) is 10.3. The number of hydrogen-bond acceptors (Lipinski definition) is 4. The number of nitrogens with one attached hydrogen (secondary N) is 2. The minimum absolute atomic E-state index is 0. The molecule has 2 heterocycles. The van der Waals surface area contributed by atoms with Crippen LogP contribution in [0.25, 0.3) is 10.8 Å². The van der Waals surface area contributed by atoms with Gasteiger partial charge in [-0.2, -0.15) is 0 Å². The van der Waals surface area contributed by atoms with Gasteiger partial charge in [-0.1, -0.05) is 24.3 Å². The van der Waals surface area contributed by atoms with Crippen LogP contribution >= 0.6 is 35.3 Å². The first-order valence-corrected chi connectivity index (χ1v) is 8.88. The molecule has 0 amide bonds. The Labute approximate surface area is 172 Å². The zero-order valence-electron chi connectivity index (χ0n) is 14.2. The Morgan fingerprint density at radius 1 is 1.23 bits per heavy atom. The van der Waals surface area contributed by atoms with Crippen LogP contribution in [0.2, 0.25) is 0 Å². The number of aliphatic imine (C=N–C) groups is 1. The lowest BCUT2D eigenvalue weighted by atomic mass is 10.2. The molecule has 0 bridgehead atoms. The third-order valence-electron chi connectivity index (χ3n) is 3.43. The van der Waals surface area contributed by atoms with E-state index in [4.69, 9.17) is 4.42 Å². The van der Waals surface area contributed by atoms with Crippen molar-refractivity contribution in [2.75, 3.05) is 6.54 Å². The van der Waals surface area contributed by atoms with Crippen molar-refractivity contribution in [3.8, 4) is 10.8 Å². The number of rotatable bonds is 6. The van der Waals surface area contributed by atoms with E-state index in [2.05, 4.69) is 20.6 Å². The minimum atomic E-state index is -0.251. The van der Waals surface area contributed by atoms with E-state index >= 15 is 0 Å². The predicted octanol–water partition coefficient (Wildman–Crippen LogP) is 4.42. The maximum absolute atomic E-state index is 13.7. The first kappa shape index (κ1) is 20.4. The van der Waals surface area contributed by atoms with E-state index in [0.717, 1.165) is 10.6 Å².